The molecule has 13 heteroatoms. The second-order valence-corrected chi connectivity index (χ2v) is 12.1. The number of oxime groups is 1. The van der Waals surface area contributed by atoms with Crippen molar-refractivity contribution in [3.8, 4) is 0 Å². The van der Waals surface area contributed by atoms with E-state index in [0.29, 0.717) is 50.1 Å². The van der Waals surface area contributed by atoms with E-state index in [9.17, 15) is 19.2 Å². The van der Waals surface area contributed by atoms with Crippen LogP contribution in [0.25, 0.3) is 0 Å². The Balaban J connectivity index is 1.32. The first-order chi connectivity index (χ1) is 20.3. The van der Waals surface area contributed by atoms with E-state index in [0.717, 1.165) is 12.8 Å². The Bertz CT molecular complexity index is 1140. The molecular formula is C30H44N4O9. The van der Waals surface area contributed by atoms with Crippen LogP contribution in [0.15, 0.2) is 29.4 Å². The number of hydrogen-bond donors (Lipinski definition) is 2. The third-order valence-corrected chi connectivity index (χ3v) is 7.27. The standard InChI is InChI=1S/C30H44N4O9/c1-20(16-25(35)22-7-9-23(10-8-22)27(31)32-39)28(37)33-14-11-24(12-15-33)40-19-26(36)41-18-21-6-5-13-34(17-21)43-29(38)42-30(2,3)4/h7-10,20-21,24,39H,5-6,11-19H2,1-4H3,(H2,31,32)/t20-,21?/m1/s1. The molecule has 0 spiro atoms. The van der Waals surface area contributed by atoms with Gasteiger partial charge in [-0.2, -0.15) is 0 Å². The largest absolute Gasteiger partial charge is 0.528 e. The number of piperidine rings is 2. The second-order valence-electron chi connectivity index (χ2n) is 12.1. The van der Waals surface area contributed by atoms with Crippen molar-refractivity contribution in [3.63, 3.8) is 0 Å². The van der Waals surface area contributed by atoms with Gasteiger partial charge in [-0.25, -0.2) is 9.59 Å². The van der Waals surface area contributed by atoms with E-state index in [1.807, 2.05) is 0 Å². The highest BCUT2D eigenvalue weighted by Crippen LogP contribution is 2.21. The van der Waals surface area contributed by atoms with E-state index < -0.39 is 23.6 Å². The van der Waals surface area contributed by atoms with Gasteiger partial charge in [-0.15, -0.1) is 5.06 Å². The highest BCUT2D eigenvalue weighted by Gasteiger charge is 2.29. The number of rotatable bonds is 11. The van der Waals surface area contributed by atoms with Crippen LogP contribution < -0.4 is 5.73 Å². The summed E-state index contributed by atoms with van der Waals surface area (Å²) in [6.07, 6.45) is 1.95. The van der Waals surface area contributed by atoms with E-state index in [4.69, 9.17) is 30.0 Å². The molecule has 238 valence electrons. The highest BCUT2D eigenvalue weighted by molar-refractivity contribution is 6.01. The second kappa shape index (κ2) is 15.7. The lowest BCUT2D eigenvalue weighted by Crippen LogP contribution is -2.44. The van der Waals surface area contributed by atoms with E-state index in [2.05, 4.69) is 5.16 Å². The van der Waals surface area contributed by atoms with Crippen molar-refractivity contribution in [3.05, 3.63) is 35.4 Å². The van der Waals surface area contributed by atoms with Crippen LogP contribution in [0.4, 0.5) is 4.79 Å². The number of Topliss-reactive ketones (excluding diaryl/α,β-unsaturated/α-hetero) is 1. The molecule has 1 aromatic carbocycles. The number of benzene rings is 1. The van der Waals surface area contributed by atoms with Crippen molar-refractivity contribution in [2.24, 2.45) is 22.7 Å². The molecule has 0 bridgehead atoms. The molecular weight excluding hydrogens is 560 g/mol. The fourth-order valence-corrected chi connectivity index (χ4v) is 4.98. The van der Waals surface area contributed by atoms with Crippen LogP contribution in [0, 0.1) is 11.8 Å². The molecule has 2 aliphatic heterocycles. The van der Waals surface area contributed by atoms with Crippen LogP contribution in [0.2, 0.25) is 0 Å². The molecule has 2 fully saturated rings. The lowest BCUT2D eigenvalue weighted by molar-refractivity contribution is -0.169. The summed E-state index contributed by atoms with van der Waals surface area (Å²) in [6.45, 7) is 9.04. The third-order valence-electron chi connectivity index (χ3n) is 7.27. The van der Waals surface area contributed by atoms with Gasteiger partial charge in [0, 0.05) is 55.6 Å². The molecule has 0 aliphatic carbocycles. The van der Waals surface area contributed by atoms with Gasteiger partial charge < -0.3 is 34.9 Å². The highest BCUT2D eigenvalue weighted by atomic mass is 16.8. The molecule has 0 radical (unpaired) electrons. The average molecular weight is 605 g/mol. The number of amides is 1. The van der Waals surface area contributed by atoms with Crippen LogP contribution in [0.3, 0.4) is 0 Å². The molecule has 0 aromatic heterocycles. The van der Waals surface area contributed by atoms with Crippen LogP contribution in [-0.4, -0.2) is 95.9 Å². The van der Waals surface area contributed by atoms with E-state index >= 15 is 0 Å². The number of hydrogen-bond acceptors (Lipinski definition) is 11. The predicted molar refractivity (Wildman–Crippen MR) is 155 cm³/mol. The van der Waals surface area contributed by atoms with E-state index in [1.165, 1.54) is 0 Å². The fraction of sp³-hybridized carbons (Fsp3) is 0.633. The minimum absolute atomic E-state index is 0.0298. The van der Waals surface area contributed by atoms with Crippen LogP contribution in [0.1, 0.15) is 75.7 Å². The van der Waals surface area contributed by atoms with Crippen LogP contribution >= 0.6 is 0 Å². The van der Waals surface area contributed by atoms with Gasteiger partial charge in [0.05, 0.1) is 12.7 Å². The van der Waals surface area contributed by atoms with Crippen LogP contribution in [0.5, 0.6) is 0 Å². The quantitative estimate of drug-likeness (QED) is 0.0950. The molecule has 13 nitrogen and oxygen atoms in total. The molecule has 2 heterocycles. The number of nitrogens with zero attached hydrogens (tertiary/aromatic N) is 3. The van der Waals surface area contributed by atoms with Gasteiger partial charge in [-0.3, -0.25) is 9.59 Å². The smallest absolute Gasteiger partial charge is 0.464 e. The Kier molecular flexibility index (Phi) is 12.3. The Hall–Kier alpha value is -3.71. The number of ether oxygens (including phenoxy) is 3. The molecule has 2 saturated heterocycles. The molecule has 0 saturated carbocycles. The van der Waals surface area contributed by atoms with Crippen molar-refractivity contribution < 1.29 is 43.4 Å². The zero-order valence-electron chi connectivity index (χ0n) is 25.5. The zero-order chi connectivity index (χ0) is 31.6. The third kappa shape index (κ3) is 11.1. The fourth-order valence-electron chi connectivity index (χ4n) is 4.98. The Labute approximate surface area is 252 Å². The van der Waals surface area contributed by atoms with E-state index in [-0.39, 0.29) is 49.2 Å². The van der Waals surface area contributed by atoms with Gasteiger partial charge in [0.2, 0.25) is 5.91 Å². The Morgan fingerprint density at radius 1 is 1.05 bits per heavy atom. The maximum Gasteiger partial charge on any atom is 0.528 e. The maximum absolute atomic E-state index is 13.0. The van der Waals surface area contributed by atoms with Gasteiger partial charge >= 0.3 is 12.1 Å². The Morgan fingerprint density at radius 2 is 1.70 bits per heavy atom. The minimum atomic E-state index is -0.752. The monoisotopic (exact) mass is 604 g/mol. The van der Waals surface area contributed by atoms with Crippen molar-refractivity contribution in [1.29, 1.82) is 0 Å². The molecule has 3 rings (SSSR count). The number of nitrogens with two attached hydrogens (primary N) is 1. The number of ketones is 1. The molecule has 43 heavy (non-hydrogen) atoms. The topological polar surface area (TPSA) is 170 Å². The predicted octanol–water partition coefficient (Wildman–Crippen LogP) is 3.12. The summed E-state index contributed by atoms with van der Waals surface area (Å²) in [7, 11) is 0. The Morgan fingerprint density at radius 3 is 2.33 bits per heavy atom. The number of esters is 1. The van der Waals surface area contributed by atoms with Gasteiger partial charge in [0.1, 0.15) is 12.2 Å². The zero-order valence-corrected chi connectivity index (χ0v) is 25.5. The maximum atomic E-state index is 13.0. The number of likely N-dealkylation sites (tertiary alicyclic amines) is 1. The normalized spacial score (nSPS) is 19.4. The van der Waals surface area contributed by atoms with Gasteiger partial charge in [0.15, 0.2) is 11.6 Å². The average Bonchev–Trinajstić information content (AvgIpc) is 2.97. The summed E-state index contributed by atoms with van der Waals surface area (Å²) in [6, 6.07) is 6.35. The van der Waals surface area contributed by atoms with Crippen molar-refractivity contribution in [2.75, 3.05) is 39.4 Å². The van der Waals surface area contributed by atoms with Crippen molar-refractivity contribution in [1.82, 2.24) is 9.96 Å². The molecule has 1 amide bonds. The molecule has 2 aliphatic rings. The summed E-state index contributed by atoms with van der Waals surface area (Å²) in [5, 5.41) is 13.2. The first-order valence-corrected chi connectivity index (χ1v) is 14.7. The summed E-state index contributed by atoms with van der Waals surface area (Å²) in [4.78, 5) is 56.9. The lowest BCUT2D eigenvalue weighted by atomic mass is 9.96. The van der Waals surface area contributed by atoms with Crippen LogP contribution in [-0.2, 0) is 28.6 Å². The summed E-state index contributed by atoms with van der Waals surface area (Å²) in [5.41, 5.74) is 5.85. The first kappa shape index (κ1) is 33.8. The van der Waals surface area contributed by atoms with E-state index in [1.54, 1.807) is 61.9 Å². The number of carbonyl (C=O) groups is 4. The molecule has 1 unspecified atom stereocenters. The van der Waals surface area contributed by atoms with Crippen molar-refractivity contribution in [2.45, 2.75) is 71.5 Å². The summed E-state index contributed by atoms with van der Waals surface area (Å²) in [5.74, 6) is -1.24. The molecule has 3 N–H and O–H groups in total. The summed E-state index contributed by atoms with van der Waals surface area (Å²) >= 11 is 0. The molecule has 1 aromatic rings. The van der Waals surface area contributed by atoms with Crippen molar-refractivity contribution >= 4 is 29.7 Å². The molecule has 2 atom stereocenters. The van der Waals surface area contributed by atoms with Gasteiger partial charge in [0.25, 0.3) is 0 Å². The lowest BCUT2D eigenvalue weighted by Gasteiger charge is -2.33. The van der Waals surface area contributed by atoms with Gasteiger partial charge in [-0.1, -0.05) is 36.3 Å². The first-order valence-electron chi connectivity index (χ1n) is 14.7. The number of carbonyl (C=O) groups excluding carboxylic acids is 4. The minimum Gasteiger partial charge on any atom is -0.464 e. The van der Waals surface area contributed by atoms with Gasteiger partial charge in [-0.05, 0) is 46.5 Å². The SMILES string of the molecule is C[C@H](CC(=O)c1ccc(/C(N)=N/O)cc1)C(=O)N1CCC(OCC(=O)OCC2CCCN(OC(=O)OC(C)(C)C)C2)CC1. The number of hydroxylamine groups is 2. The number of amidine groups is 1. The summed E-state index contributed by atoms with van der Waals surface area (Å²) < 4.78 is 16.4.